The number of carbonyl (C=O) groups excluding carboxylic acids is 3. The molecule has 4 aromatic rings. The first-order chi connectivity index (χ1) is 17.8. The number of hydrogen-bond donors (Lipinski definition) is 2. The van der Waals surface area contributed by atoms with Crippen molar-refractivity contribution in [2.24, 2.45) is 5.73 Å². The topological polar surface area (TPSA) is 119 Å². The van der Waals surface area contributed by atoms with E-state index >= 15 is 0 Å². The van der Waals surface area contributed by atoms with E-state index in [-0.39, 0.29) is 31.4 Å². The Morgan fingerprint density at radius 1 is 1.05 bits per heavy atom. The van der Waals surface area contributed by atoms with Crippen LogP contribution in [0.25, 0.3) is 5.65 Å². The monoisotopic (exact) mass is 499 g/mol. The van der Waals surface area contributed by atoms with E-state index in [0.717, 1.165) is 16.9 Å². The van der Waals surface area contributed by atoms with Gasteiger partial charge in [-0.15, -0.1) is 0 Å². The number of ether oxygens (including phenoxy) is 1. The third-order valence-corrected chi connectivity index (χ3v) is 5.93. The quantitative estimate of drug-likeness (QED) is 0.344. The van der Waals surface area contributed by atoms with E-state index in [1.807, 2.05) is 42.8 Å². The molecule has 37 heavy (non-hydrogen) atoms. The number of aryl methyl sites for hydroxylation is 1. The van der Waals surface area contributed by atoms with E-state index in [2.05, 4.69) is 10.3 Å². The van der Waals surface area contributed by atoms with Gasteiger partial charge in [0.05, 0.1) is 5.69 Å². The predicted octanol–water partition coefficient (Wildman–Crippen LogP) is 3.81. The third kappa shape index (κ3) is 6.32. The van der Waals surface area contributed by atoms with Gasteiger partial charge in [0, 0.05) is 48.7 Å². The van der Waals surface area contributed by atoms with Crippen LogP contribution in [0.5, 0.6) is 5.75 Å². The minimum absolute atomic E-state index is 0.126. The molecular formula is C28H29N5O4. The molecule has 0 radical (unpaired) electrons. The van der Waals surface area contributed by atoms with Crippen molar-refractivity contribution < 1.29 is 19.1 Å². The largest absolute Gasteiger partial charge is 0.487 e. The number of anilines is 1. The smallest absolute Gasteiger partial charge is 0.253 e. The molecule has 0 atom stereocenters. The highest BCUT2D eigenvalue weighted by Gasteiger charge is 2.16. The van der Waals surface area contributed by atoms with Gasteiger partial charge in [0.15, 0.2) is 0 Å². The average Bonchev–Trinajstić information content (AvgIpc) is 3.33. The molecule has 0 aliphatic rings. The normalized spacial score (nSPS) is 10.8. The zero-order chi connectivity index (χ0) is 26.4. The van der Waals surface area contributed by atoms with Gasteiger partial charge in [-0.05, 0) is 67.9 Å². The highest BCUT2D eigenvalue weighted by atomic mass is 16.5. The maximum absolute atomic E-state index is 13.1. The van der Waals surface area contributed by atoms with Crippen molar-refractivity contribution in [3.8, 4) is 5.75 Å². The van der Waals surface area contributed by atoms with Crippen molar-refractivity contribution in [2.45, 2.75) is 26.9 Å². The van der Waals surface area contributed by atoms with Crippen LogP contribution < -0.4 is 15.8 Å². The fraction of sp³-hybridized carbons (Fsp3) is 0.214. The molecule has 2 aromatic carbocycles. The van der Waals surface area contributed by atoms with Crippen molar-refractivity contribution in [1.29, 1.82) is 0 Å². The van der Waals surface area contributed by atoms with Gasteiger partial charge in [0.25, 0.3) is 5.91 Å². The number of imidazole rings is 1. The standard InChI is InChI=1S/C28H29N5O4/c1-3-32(15-13-25(34)30-22-11-9-20(10-12-22)26(29)35)28(36)21-7-4-8-24(16-21)37-18-23-17-33-14-5-6-19(2)27(33)31-23/h4-12,14,16-17H,3,13,15,18H2,1-2H3,(H2,29,35)(H,30,34). The molecule has 0 spiro atoms. The van der Waals surface area contributed by atoms with Crippen LogP contribution in [-0.4, -0.2) is 45.1 Å². The summed E-state index contributed by atoms with van der Waals surface area (Å²) in [7, 11) is 0. The number of fused-ring (bicyclic) bond motifs is 1. The Bertz CT molecular complexity index is 1430. The van der Waals surface area contributed by atoms with Gasteiger partial charge in [-0.25, -0.2) is 4.98 Å². The molecule has 2 heterocycles. The second-order valence-electron chi connectivity index (χ2n) is 8.60. The summed E-state index contributed by atoms with van der Waals surface area (Å²) in [5, 5.41) is 2.76. The van der Waals surface area contributed by atoms with E-state index < -0.39 is 5.91 Å². The van der Waals surface area contributed by atoms with Crippen LogP contribution in [0.15, 0.2) is 73.1 Å². The molecule has 9 nitrogen and oxygen atoms in total. The number of nitrogens with zero attached hydrogens (tertiary/aromatic N) is 3. The highest BCUT2D eigenvalue weighted by Crippen LogP contribution is 2.18. The Morgan fingerprint density at radius 3 is 2.54 bits per heavy atom. The first-order valence-electron chi connectivity index (χ1n) is 12.0. The van der Waals surface area contributed by atoms with Crippen molar-refractivity contribution in [3.63, 3.8) is 0 Å². The molecule has 0 fully saturated rings. The van der Waals surface area contributed by atoms with E-state index in [9.17, 15) is 14.4 Å². The summed E-state index contributed by atoms with van der Waals surface area (Å²) in [6.45, 7) is 4.85. The number of benzene rings is 2. The number of hydrogen-bond acceptors (Lipinski definition) is 5. The molecule has 2 aromatic heterocycles. The first kappa shape index (κ1) is 25.4. The SMILES string of the molecule is CCN(CCC(=O)Nc1ccc(C(N)=O)cc1)C(=O)c1cccc(OCc2cn3cccc(C)c3n2)c1. The first-order valence-corrected chi connectivity index (χ1v) is 12.0. The second-order valence-corrected chi connectivity index (χ2v) is 8.60. The Morgan fingerprint density at radius 2 is 1.84 bits per heavy atom. The minimum atomic E-state index is -0.533. The lowest BCUT2D eigenvalue weighted by Crippen LogP contribution is -2.33. The molecule has 4 rings (SSSR count). The minimum Gasteiger partial charge on any atom is -0.487 e. The number of carbonyl (C=O) groups is 3. The molecule has 0 bridgehead atoms. The summed E-state index contributed by atoms with van der Waals surface area (Å²) < 4.78 is 7.87. The Labute approximate surface area is 214 Å². The number of rotatable bonds is 10. The number of nitrogens with one attached hydrogen (secondary N) is 1. The summed E-state index contributed by atoms with van der Waals surface area (Å²) in [6, 6.07) is 17.3. The molecule has 3 N–H and O–H groups in total. The second kappa shape index (κ2) is 11.4. The van der Waals surface area contributed by atoms with Crippen LogP contribution in [0.4, 0.5) is 5.69 Å². The Balaban J connectivity index is 1.33. The summed E-state index contributed by atoms with van der Waals surface area (Å²) in [5.74, 6) is -0.393. The van der Waals surface area contributed by atoms with Crippen molar-refractivity contribution in [2.75, 3.05) is 18.4 Å². The molecule has 190 valence electrons. The Kier molecular flexibility index (Phi) is 7.83. The summed E-state index contributed by atoms with van der Waals surface area (Å²) >= 11 is 0. The fourth-order valence-electron chi connectivity index (χ4n) is 3.91. The van der Waals surface area contributed by atoms with E-state index in [1.165, 1.54) is 0 Å². The molecule has 3 amide bonds. The van der Waals surface area contributed by atoms with Crippen LogP contribution in [0.2, 0.25) is 0 Å². The lowest BCUT2D eigenvalue weighted by atomic mass is 10.1. The molecule has 0 saturated carbocycles. The summed E-state index contributed by atoms with van der Waals surface area (Å²) in [4.78, 5) is 42.9. The van der Waals surface area contributed by atoms with Gasteiger partial charge in [-0.2, -0.15) is 0 Å². The maximum atomic E-state index is 13.1. The van der Waals surface area contributed by atoms with E-state index in [4.69, 9.17) is 10.5 Å². The molecule has 0 aliphatic heterocycles. The third-order valence-electron chi connectivity index (χ3n) is 5.93. The number of amides is 3. The van der Waals surface area contributed by atoms with Crippen LogP contribution in [0.1, 0.15) is 45.3 Å². The average molecular weight is 500 g/mol. The van der Waals surface area contributed by atoms with Gasteiger partial charge < -0.3 is 25.1 Å². The summed E-state index contributed by atoms with van der Waals surface area (Å²) in [5.41, 5.74) is 9.38. The number of primary amides is 1. The lowest BCUT2D eigenvalue weighted by Gasteiger charge is -2.21. The number of nitrogens with two attached hydrogens (primary N) is 1. The van der Waals surface area contributed by atoms with Crippen LogP contribution in [0, 0.1) is 6.92 Å². The van der Waals surface area contributed by atoms with Gasteiger partial charge in [0.1, 0.15) is 18.0 Å². The molecule has 0 aliphatic carbocycles. The molecule has 9 heteroatoms. The van der Waals surface area contributed by atoms with Crippen LogP contribution >= 0.6 is 0 Å². The zero-order valence-electron chi connectivity index (χ0n) is 20.8. The van der Waals surface area contributed by atoms with E-state index in [0.29, 0.717) is 29.1 Å². The van der Waals surface area contributed by atoms with E-state index in [1.54, 1.807) is 53.4 Å². The molecule has 0 saturated heterocycles. The zero-order valence-corrected chi connectivity index (χ0v) is 20.8. The number of pyridine rings is 1. The highest BCUT2D eigenvalue weighted by molar-refractivity contribution is 5.96. The van der Waals surface area contributed by atoms with Crippen molar-refractivity contribution in [1.82, 2.24) is 14.3 Å². The van der Waals surface area contributed by atoms with Gasteiger partial charge in [-0.3, -0.25) is 14.4 Å². The Hall–Kier alpha value is -4.66. The molecule has 0 unspecified atom stereocenters. The molecular weight excluding hydrogens is 470 g/mol. The van der Waals surface area contributed by atoms with Crippen LogP contribution in [0.3, 0.4) is 0 Å². The van der Waals surface area contributed by atoms with Gasteiger partial charge >= 0.3 is 0 Å². The maximum Gasteiger partial charge on any atom is 0.253 e. The van der Waals surface area contributed by atoms with Crippen LogP contribution in [-0.2, 0) is 11.4 Å². The van der Waals surface area contributed by atoms with Crippen molar-refractivity contribution >= 4 is 29.1 Å². The predicted molar refractivity (Wildman–Crippen MR) is 140 cm³/mol. The summed E-state index contributed by atoms with van der Waals surface area (Å²) in [6.07, 6.45) is 3.99. The number of aromatic nitrogens is 2. The van der Waals surface area contributed by atoms with Gasteiger partial charge in [-0.1, -0.05) is 12.1 Å². The fourth-order valence-corrected chi connectivity index (χ4v) is 3.91. The lowest BCUT2D eigenvalue weighted by molar-refractivity contribution is -0.116. The van der Waals surface area contributed by atoms with Gasteiger partial charge in [0.2, 0.25) is 11.8 Å². The van der Waals surface area contributed by atoms with Crippen molar-refractivity contribution in [3.05, 3.63) is 95.4 Å².